The van der Waals surface area contributed by atoms with E-state index in [2.05, 4.69) is 84.2 Å². The summed E-state index contributed by atoms with van der Waals surface area (Å²) in [6, 6.07) is 37.4. The first-order chi connectivity index (χ1) is 16.3. The molecule has 1 amide bonds. The summed E-state index contributed by atoms with van der Waals surface area (Å²) < 4.78 is 0. The normalized spacial score (nSPS) is 15.5. The van der Waals surface area contributed by atoms with Gasteiger partial charge < -0.3 is 10.2 Å². The lowest BCUT2D eigenvalue weighted by Crippen LogP contribution is -2.44. The van der Waals surface area contributed by atoms with Crippen LogP contribution in [0.3, 0.4) is 0 Å². The molecule has 160 valence electrons. The van der Waals surface area contributed by atoms with Crippen molar-refractivity contribution >= 4 is 33.1 Å². The van der Waals surface area contributed by atoms with Gasteiger partial charge in [-0.15, -0.1) is 0 Å². The quantitative estimate of drug-likeness (QED) is 0.319. The number of hydrogen-bond donors (Lipinski definition) is 1. The molecule has 0 aromatic heterocycles. The van der Waals surface area contributed by atoms with E-state index in [0.29, 0.717) is 6.54 Å². The minimum atomic E-state index is -0.257. The van der Waals surface area contributed by atoms with Crippen LogP contribution in [0.5, 0.6) is 0 Å². The fraction of sp³-hybridized carbons (Fsp3) is 0.100. The molecular formula is C30H24N2O. The van der Waals surface area contributed by atoms with Gasteiger partial charge in [0.05, 0.1) is 5.56 Å². The van der Waals surface area contributed by atoms with Crippen molar-refractivity contribution in [3.63, 3.8) is 0 Å². The number of para-hydroxylation sites is 1. The van der Waals surface area contributed by atoms with Gasteiger partial charge in [0, 0.05) is 17.8 Å². The molecule has 1 aliphatic rings. The van der Waals surface area contributed by atoms with Crippen molar-refractivity contribution in [3.05, 3.63) is 126 Å². The van der Waals surface area contributed by atoms with E-state index in [1.54, 1.807) is 0 Å². The van der Waals surface area contributed by atoms with Gasteiger partial charge in [-0.3, -0.25) is 4.79 Å². The van der Waals surface area contributed by atoms with Crippen LogP contribution in [0.1, 0.15) is 27.7 Å². The number of nitrogens with zero attached hydrogens (tertiary/aromatic N) is 1. The molecule has 0 radical (unpaired) electrons. The molecule has 0 saturated carbocycles. The molecule has 1 heterocycles. The molecule has 0 spiro atoms. The fourth-order valence-corrected chi connectivity index (χ4v) is 4.99. The summed E-state index contributed by atoms with van der Waals surface area (Å²) in [5.74, 6) is 0.0716. The highest BCUT2D eigenvalue weighted by molar-refractivity contribution is 6.06. The lowest BCUT2D eigenvalue weighted by Gasteiger charge is -2.39. The number of nitrogens with one attached hydrogen (secondary N) is 1. The molecular weight excluding hydrogens is 404 g/mol. The standard InChI is InChI=1S/C30H24N2O/c33-30-26-16-8-9-17-27(26)31-29(32(30)19-18-21-10-2-1-3-11-21)28-24-14-6-4-12-22(24)20-23-13-5-7-15-25(23)28/h1-17,20,29,31H,18-19H2. The molecule has 0 aliphatic carbocycles. The third-order valence-electron chi connectivity index (χ3n) is 6.59. The summed E-state index contributed by atoms with van der Waals surface area (Å²) >= 11 is 0. The summed E-state index contributed by atoms with van der Waals surface area (Å²) in [6.07, 6.45) is 0.544. The summed E-state index contributed by atoms with van der Waals surface area (Å²) in [6.45, 7) is 0.631. The topological polar surface area (TPSA) is 32.3 Å². The Hall–Kier alpha value is -4.11. The van der Waals surface area contributed by atoms with Crippen molar-refractivity contribution < 1.29 is 4.79 Å². The van der Waals surface area contributed by atoms with Crippen LogP contribution < -0.4 is 5.32 Å². The Morgan fingerprint density at radius 2 is 1.30 bits per heavy atom. The van der Waals surface area contributed by atoms with Gasteiger partial charge in [-0.1, -0.05) is 91.0 Å². The molecule has 1 N–H and O–H groups in total. The zero-order valence-electron chi connectivity index (χ0n) is 18.2. The second-order valence-electron chi connectivity index (χ2n) is 8.56. The van der Waals surface area contributed by atoms with Gasteiger partial charge in [-0.2, -0.15) is 0 Å². The first-order valence-electron chi connectivity index (χ1n) is 11.4. The van der Waals surface area contributed by atoms with Crippen molar-refractivity contribution in [2.24, 2.45) is 0 Å². The van der Waals surface area contributed by atoms with Gasteiger partial charge in [-0.05, 0) is 51.7 Å². The molecule has 5 aromatic carbocycles. The van der Waals surface area contributed by atoms with E-state index in [-0.39, 0.29) is 12.1 Å². The van der Waals surface area contributed by atoms with Crippen molar-refractivity contribution in [2.75, 3.05) is 11.9 Å². The summed E-state index contributed by atoms with van der Waals surface area (Å²) in [4.78, 5) is 15.8. The molecule has 1 aliphatic heterocycles. The van der Waals surface area contributed by atoms with Crippen molar-refractivity contribution in [1.29, 1.82) is 0 Å². The highest BCUT2D eigenvalue weighted by atomic mass is 16.2. The third kappa shape index (κ3) is 3.42. The van der Waals surface area contributed by atoms with Crippen LogP contribution in [0.2, 0.25) is 0 Å². The Morgan fingerprint density at radius 1 is 0.697 bits per heavy atom. The predicted octanol–water partition coefficient (Wildman–Crippen LogP) is 6.80. The van der Waals surface area contributed by atoms with Crippen LogP contribution in [0.4, 0.5) is 5.69 Å². The van der Waals surface area contributed by atoms with Crippen LogP contribution in [0, 0.1) is 0 Å². The van der Waals surface area contributed by atoms with E-state index < -0.39 is 0 Å². The van der Waals surface area contributed by atoms with E-state index in [0.717, 1.165) is 23.2 Å². The molecule has 1 unspecified atom stereocenters. The first-order valence-corrected chi connectivity index (χ1v) is 11.4. The van der Waals surface area contributed by atoms with Gasteiger partial charge >= 0.3 is 0 Å². The molecule has 1 atom stereocenters. The maximum absolute atomic E-state index is 13.8. The Labute approximate surface area is 193 Å². The smallest absolute Gasteiger partial charge is 0.257 e. The molecule has 33 heavy (non-hydrogen) atoms. The summed E-state index contributed by atoms with van der Waals surface area (Å²) in [5.41, 5.74) is 4.00. The molecule has 5 aromatic rings. The second-order valence-corrected chi connectivity index (χ2v) is 8.56. The number of carbonyl (C=O) groups excluding carboxylic acids is 1. The van der Waals surface area contributed by atoms with Crippen LogP contribution in [-0.2, 0) is 6.42 Å². The average molecular weight is 429 g/mol. The van der Waals surface area contributed by atoms with Gasteiger partial charge in [0.1, 0.15) is 6.17 Å². The van der Waals surface area contributed by atoms with E-state index >= 15 is 0 Å². The van der Waals surface area contributed by atoms with Crippen molar-refractivity contribution in [2.45, 2.75) is 12.6 Å². The van der Waals surface area contributed by atoms with Gasteiger partial charge in [-0.25, -0.2) is 0 Å². The number of fused-ring (bicyclic) bond motifs is 3. The molecule has 3 nitrogen and oxygen atoms in total. The Kier molecular flexibility index (Phi) is 4.80. The number of amides is 1. The Morgan fingerprint density at radius 3 is 2.03 bits per heavy atom. The molecule has 3 heteroatoms. The number of carbonyl (C=O) groups is 1. The van der Waals surface area contributed by atoms with E-state index in [1.807, 2.05) is 35.2 Å². The molecule has 0 saturated heterocycles. The molecule has 6 rings (SSSR count). The van der Waals surface area contributed by atoms with E-state index in [1.165, 1.54) is 27.1 Å². The van der Waals surface area contributed by atoms with Crippen LogP contribution in [0.15, 0.2) is 109 Å². The average Bonchev–Trinajstić information content (AvgIpc) is 2.87. The van der Waals surface area contributed by atoms with Gasteiger partial charge in [0.2, 0.25) is 0 Å². The first kappa shape index (κ1) is 19.6. The maximum atomic E-state index is 13.8. The minimum absolute atomic E-state index is 0.0716. The van der Waals surface area contributed by atoms with Crippen LogP contribution >= 0.6 is 0 Å². The fourth-order valence-electron chi connectivity index (χ4n) is 4.99. The highest BCUT2D eigenvalue weighted by Gasteiger charge is 2.34. The van der Waals surface area contributed by atoms with Gasteiger partial charge in [0.15, 0.2) is 0 Å². The largest absolute Gasteiger partial charge is 0.361 e. The third-order valence-corrected chi connectivity index (χ3v) is 6.59. The van der Waals surface area contributed by atoms with E-state index in [4.69, 9.17) is 0 Å². The van der Waals surface area contributed by atoms with Gasteiger partial charge in [0.25, 0.3) is 5.91 Å². The summed E-state index contributed by atoms with van der Waals surface area (Å²) in [5, 5.41) is 8.43. The zero-order chi connectivity index (χ0) is 22.2. The summed E-state index contributed by atoms with van der Waals surface area (Å²) in [7, 11) is 0. The number of benzene rings is 5. The minimum Gasteiger partial charge on any atom is -0.361 e. The zero-order valence-corrected chi connectivity index (χ0v) is 18.2. The van der Waals surface area contributed by atoms with Crippen molar-refractivity contribution in [3.8, 4) is 0 Å². The number of rotatable bonds is 4. The lowest BCUT2D eigenvalue weighted by atomic mass is 9.92. The molecule has 0 bridgehead atoms. The number of anilines is 1. The Balaban J connectivity index is 1.54. The predicted molar refractivity (Wildman–Crippen MR) is 135 cm³/mol. The van der Waals surface area contributed by atoms with Crippen LogP contribution in [-0.4, -0.2) is 17.4 Å². The molecule has 0 fully saturated rings. The lowest BCUT2D eigenvalue weighted by molar-refractivity contribution is 0.0688. The SMILES string of the molecule is O=C1c2ccccc2NC(c2c3ccccc3cc3ccccc23)N1CCc1ccccc1. The monoisotopic (exact) mass is 428 g/mol. The van der Waals surface area contributed by atoms with Crippen LogP contribution in [0.25, 0.3) is 21.5 Å². The maximum Gasteiger partial charge on any atom is 0.257 e. The van der Waals surface area contributed by atoms with Crippen molar-refractivity contribution in [1.82, 2.24) is 4.90 Å². The highest BCUT2D eigenvalue weighted by Crippen LogP contribution is 2.40. The Bertz CT molecular complexity index is 1420. The van der Waals surface area contributed by atoms with E-state index in [9.17, 15) is 4.79 Å². The second kappa shape index (κ2) is 8.10. The number of hydrogen-bond acceptors (Lipinski definition) is 2.